The van der Waals surface area contributed by atoms with Crippen molar-refractivity contribution in [3.05, 3.63) is 34.9 Å². The molecular weight excluding hydrogens is 244 g/mol. The van der Waals surface area contributed by atoms with Gasteiger partial charge in [-0.15, -0.1) is 0 Å². The minimum Gasteiger partial charge on any atom is -0.329 e. The SMILES string of the molecule is CCCN(Cc1ccc(C)c(C)c1)C(CC)(CC)CN. The lowest BCUT2D eigenvalue weighted by atomic mass is 9.89. The van der Waals surface area contributed by atoms with Crippen molar-refractivity contribution in [2.24, 2.45) is 5.73 Å². The van der Waals surface area contributed by atoms with Crippen molar-refractivity contribution in [1.29, 1.82) is 0 Å². The van der Waals surface area contributed by atoms with Crippen LogP contribution in [0.15, 0.2) is 18.2 Å². The lowest BCUT2D eigenvalue weighted by Gasteiger charge is -2.42. The van der Waals surface area contributed by atoms with Crippen molar-refractivity contribution in [2.45, 2.75) is 66.0 Å². The summed E-state index contributed by atoms with van der Waals surface area (Å²) in [6.45, 7) is 14.0. The van der Waals surface area contributed by atoms with Crippen LogP contribution in [0.4, 0.5) is 0 Å². The molecule has 0 aromatic heterocycles. The number of nitrogens with zero attached hydrogens (tertiary/aromatic N) is 1. The van der Waals surface area contributed by atoms with E-state index in [4.69, 9.17) is 5.73 Å². The van der Waals surface area contributed by atoms with Crippen LogP contribution in [0.25, 0.3) is 0 Å². The van der Waals surface area contributed by atoms with Gasteiger partial charge < -0.3 is 5.73 Å². The van der Waals surface area contributed by atoms with Gasteiger partial charge in [0.25, 0.3) is 0 Å². The Labute approximate surface area is 125 Å². The van der Waals surface area contributed by atoms with E-state index in [-0.39, 0.29) is 5.54 Å². The molecular formula is C18H32N2. The molecule has 0 unspecified atom stereocenters. The van der Waals surface area contributed by atoms with Crippen LogP contribution < -0.4 is 5.73 Å². The first kappa shape index (κ1) is 17.2. The van der Waals surface area contributed by atoms with Gasteiger partial charge >= 0.3 is 0 Å². The van der Waals surface area contributed by atoms with Gasteiger partial charge in [-0.1, -0.05) is 39.0 Å². The van der Waals surface area contributed by atoms with Crippen LogP contribution in [0.5, 0.6) is 0 Å². The highest BCUT2D eigenvalue weighted by atomic mass is 15.2. The van der Waals surface area contributed by atoms with E-state index in [0.717, 1.165) is 32.5 Å². The third kappa shape index (κ3) is 3.83. The molecule has 0 aliphatic heterocycles. The molecule has 1 aromatic rings. The first-order chi connectivity index (χ1) is 9.52. The molecule has 0 aliphatic rings. The fourth-order valence-corrected chi connectivity index (χ4v) is 2.99. The maximum Gasteiger partial charge on any atom is 0.0330 e. The lowest BCUT2D eigenvalue weighted by Crippen LogP contribution is -2.53. The molecule has 114 valence electrons. The van der Waals surface area contributed by atoms with Crippen molar-refractivity contribution in [3.8, 4) is 0 Å². The summed E-state index contributed by atoms with van der Waals surface area (Å²) in [6.07, 6.45) is 3.41. The van der Waals surface area contributed by atoms with E-state index < -0.39 is 0 Å². The maximum absolute atomic E-state index is 6.13. The average Bonchev–Trinajstić information content (AvgIpc) is 2.45. The van der Waals surface area contributed by atoms with Gasteiger partial charge in [0.15, 0.2) is 0 Å². The average molecular weight is 276 g/mol. The van der Waals surface area contributed by atoms with Crippen LogP contribution >= 0.6 is 0 Å². The van der Waals surface area contributed by atoms with E-state index >= 15 is 0 Å². The molecule has 0 fully saturated rings. The monoisotopic (exact) mass is 276 g/mol. The molecule has 2 N–H and O–H groups in total. The normalized spacial score (nSPS) is 12.2. The van der Waals surface area contributed by atoms with Gasteiger partial charge in [0.05, 0.1) is 0 Å². The van der Waals surface area contributed by atoms with Gasteiger partial charge in [-0.3, -0.25) is 4.90 Å². The van der Waals surface area contributed by atoms with Crippen LogP contribution in [-0.2, 0) is 6.54 Å². The minimum atomic E-state index is 0.148. The van der Waals surface area contributed by atoms with E-state index in [0.29, 0.717) is 0 Å². The van der Waals surface area contributed by atoms with Crippen molar-refractivity contribution in [3.63, 3.8) is 0 Å². The van der Waals surface area contributed by atoms with Crippen LogP contribution in [0, 0.1) is 13.8 Å². The molecule has 0 amide bonds. The van der Waals surface area contributed by atoms with Gasteiger partial charge in [0.1, 0.15) is 0 Å². The highest BCUT2D eigenvalue weighted by Crippen LogP contribution is 2.26. The Balaban J connectivity index is 2.98. The standard InChI is InChI=1S/C18H32N2/c1-6-11-20(18(7-2,8-3)14-19)13-17-10-9-15(4)16(5)12-17/h9-10,12H,6-8,11,13-14,19H2,1-5H3. The molecule has 0 atom stereocenters. The van der Waals surface area contributed by atoms with E-state index in [9.17, 15) is 0 Å². The Morgan fingerprint density at radius 3 is 2.15 bits per heavy atom. The maximum atomic E-state index is 6.13. The molecule has 0 radical (unpaired) electrons. The smallest absolute Gasteiger partial charge is 0.0330 e. The second kappa shape index (κ2) is 7.80. The van der Waals surface area contributed by atoms with E-state index in [1.54, 1.807) is 0 Å². The molecule has 0 bridgehead atoms. The topological polar surface area (TPSA) is 29.3 Å². The summed E-state index contributed by atoms with van der Waals surface area (Å²) in [5.41, 5.74) is 10.4. The molecule has 1 aromatic carbocycles. The second-order valence-electron chi connectivity index (χ2n) is 5.98. The molecule has 20 heavy (non-hydrogen) atoms. The zero-order valence-electron chi connectivity index (χ0n) is 14.0. The lowest BCUT2D eigenvalue weighted by molar-refractivity contribution is 0.0766. The summed E-state index contributed by atoms with van der Waals surface area (Å²) in [5.74, 6) is 0. The third-order valence-corrected chi connectivity index (χ3v) is 4.81. The summed E-state index contributed by atoms with van der Waals surface area (Å²) in [5, 5.41) is 0. The van der Waals surface area contributed by atoms with Gasteiger partial charge in [-0.25, -0.2) is 0 Å². The summed E-state index contributed by atoms with van der Waals surface area (Å²) in [4.78, 5) is 2.59. The number of benzene rings is 1. The molecule has 1 rings (SSSR count). The Morgan fingerprint density at radius 1 is 1.05 bits per heavy atom. The van der Waals surface area contributed by atoms with E-state index in [2.05, 4.69) is 57.7 Å². The fraction of sp³-hybridized carbons (Fsp3) is 0.667. The summed E-state index contributed by atoms with van der Waals surface area (Å²) >= 11 is 0. The highest BCUT2D eigenvalue weighted by molar-refractivity contribution is 5.30. The first-order valence-corrected chi connectivity index (χ1v) is 8.04. The predicted molar refractivity (Wildman–Crippen MR) is 89.0 cm³/mol. The van der Waals surface area contributed by atoms with Gasteiger partial charge in [0, 0.05) is 18.6 Å². The predicted octanol–water partition coefficient (Wildman–Crippen LogP) is 4.03. The zero-order valence-corrected chi connectivity index (χ0v) is 14.0. The van der Waals surface area contributed by atoms with E-state index in [1.807, 2.05) is 0 Å². The molecule has 0 aliphatic carbocycles. The number of hydrogen-bond donors (Lipinski definition) is 1. The van der Waals surface area contributed by atoms with Crippen LogP contribution in [0.1, 0.15) is 56.7 Å². The van der Waals surface area contributed by atoms with Crippen LogP contribution in [-0.4, -0.2) is 23.5 Å². The van der Waals surface area contributed by atoms with Gasteiger partial charge in [-0.05, 0) is 56.3 Å². The van der Waals surface area contributed by atoms with Gasteiger partial charge in [0.2, 0.25) is 0 Å². The fourth-order valence-electron chi connectivity index (χ4n) is 2.99. The highest BCUT2D eigenvalue weighted by Gasteiger charge is 2.31. The second-order valence-corrected chi connectivity index (χ2v) is 5.98. The van der Waals surface area contributed by atoms with Crippen LogP contribution in [0.3, 0.4) is 0 Å². The number of rotatable bonds is 8. The summed E-state index contributed by atoms with van der Waals surface area (Å²) in [6, 6.07) is 6.82. The van der Waals surface area contributed by atoms with Crippen molar-refractivity contribution in [1.82, 2.24) is 4.90 Å². The summed E-state index contributed by atoms with van der Waals surface area (Å²) < 4.78 is 0. The molecule has 0 saturated heterocycles. The van der Waals surface area contributed by atoms with E-state index in [1.165, 1.54) is 23.1 Å². The number of aryl methyl sites for hydroxylation is 2. The van der Waals surface area contributed by atoms with Crippen molar-refractivity contribution < 1.29 is 0 Å². The summed E-state index contributed by atoms with van der Waals surface area (Å²) in [7, 11) is 0. The Hall–Kier alpha value is -0.860. The third-order valence-electron chi connectivity index (χ3n) is 4.81. The number of hydrogen-bond acceptors (Lipinski definition) is 2. The first-order valence-electron chi connectivity index (χ1n) is 8.04. The van der Waals surface area contributed by atoms with Crippen molar-refractivity contribution >= 4 is 0 Å². The molecule has 0 spiro atoms. The number of nitrogens with two attached hydrogens (primary N) is 1. The molecule has 0 heterocycles. The quantitative estimate of drug-likeness (QED) is 0.776. The van der Waals surface area contributed by atoms with Gasteiger partial charge in [-0.2, -0.15) is 0 Å². The minimum absolute atomic E-state index is 0.148. The van der Waals surface area contributed by atoms with Crippen molar-refractivity contribution in [2.75, 3.05) is 13.1 Å². The Kier molecular flexibility index (Phi) is 6.70. The molecule has 2 nitrogen and oxygen atoms in total. The molecule has 0 saturated carbocycles. The Bertz CT molecular complexity index is 400. The largest absolute Gasteiger partial charge is 0.329 e. The van der Waals surface area contributed by atoms with Crippen LogP contribution in [0.2, 0.25) is 0 Å². The zero-order chi connectivity index (χ0) is 15.2. The Morgan fingerprint density at radius 2 is 1.70 bits per heavy atom. The molecule has 2 heteroatoms.